The first-order valence-electron chi connectivity index (χ1n) is 7.23. The minimum atomic E-state index is 0.0733. The van der Waals surface area contributed by atoms with Gasteiger partial charge in [0.15, 0.2) is 0 Å². The fourth-order valence-corrected chi connectivity index (χ4v) is 1.91. The summed E-state index contributed by atoms with van der Waals surface area (Å²) in [6.07, 6.45) is 13.9. The lowest BCUT2D eigenvalue weighted by atomic mass is 10.1. The first-order valence-corrected chi connectivity index (χ1v) is 7.23. The van der Waals surface area contributed by atoms with Gasteiger partial charge in [0.2, 0.25) is 0 Å². The van der Waals surface area contributed by atoms with Gasteiger partial charge in [-0.2, -0.15) is 0 Å². The van der Waals surface area contributed by atoms with Crippen molar-refractivity contribution >= 4 is 0 Å². The maximum Gasteiger partial charge on any atom is 0.147 e. The third kappa shape index (κ3) is 12.1. The number of aliphatic hydroxyl groups is 1. The van der Waals surface area contributed by atoms with Gasteiger partial charge in [-0.25, -0.2) is 0 Å². The van der Waals surface area contributed by atoms with Gasteiger partial charge in [0.1, 0.15) is 6.79 Å². The molecule has 0 fully saturated rings. The van der Waals surface area contributed by atoms with Gasteiger partial charge in [0.05, 0.1) is 12.7 Å². The van der Waals surface area contributed by atoms with Crippen molar-refractivity contribution in [2.45, 2.75) is 64.4 Å². The van der Waals surface area contributed by atoms with E-state index in [1.54, 1.807) is 13.2 Å². The molecule has 0 bridgehead atoms. The van der Waals surface area contributed by atoms with Crippen LogP contribution in [0.25, 0.3) is 0 Å². The third-order valence-corrected chi connectivity index (χ3v) is 2.95. The topological polar surface area (TPSA) is 38.7 Å². The van der Waals surface area contributed by atoms with E-state index >= 15 is 0 Å². The maximum atomic E-state index is 8.76. The van der Waals surface area contributed by atoms with Crippen molar-refractivity contribution in [3.63, 3.8) is 0 Å². The zero-order chi connectivity index (χ0) is 13.5. The average molecular weight is 258 g/mol. The average Bonchev–Trinajstić information content (AvgIpc) is 2.40. The Kier molecular flexibility index (Phi) is 14.4. The molecule has 0 aliphatic carbocycles. The molecular formula is C15H30O3. The van der Waals surface area contributed by atoms with Gasteiger partial charge in [-0.05, 0) is 6.42 Å². The summed E-state index contributed by atoms with van der Waals surface area (Å²) < 4.78 is 10.4. The number of unbranched alkanes of at least 4 members (excludes halogenated alkanes) is 6. The molecule has 1 N–H and O–H groups in total. The monoisotopic (exact) mass is 258 g/mol. The molecule has 0 aromatic carbocycles. The molecule has 0 saturated heterocycles. The number of methoxy groups -OCH3 is 1. The van der Waals surface area contributed by atoms with Gasteiger partial charge >= 0.3 is 0 Å². The van der Waals surface area contributed by atoms with E-state index in [-0.39, 0.29) is 12.7 Å². The smallest absolute Gasteiger partial charge is 0.147 e. The van der Waals surface area contributed by atoms with Gasteiger partial charge in [-0.3, -0.25) is 0 Å². The second-order valence-corrected chi connectivity index (χ2v) is 4.63. The number of hydrogen-bond acceptors (Lipinski definition) is 3. The van der Waals surface area contributed by atoms with Crippen LogP contribution in [0.15, 0.2) is 12.2 Å². The summed E-state index contributed by atoms with van der Waals surface area (Å²) >= 11 is 0. The second-order valence-electron chi connectivity index (χ2n) is 4.63. The van der Waals surface area contributed by atoms with E-state index in [0.717, 1.165) is 6.42 Å². The molecule has 0 aliphatic rings. The summed E-state index contributed by atoms with van der Waals surface area (Å²) in [6, 6.07) is 0. The van der Waals surface area contributed by atoms with Crippen LogP contribution in [-0.2, 0) is 9.47 Å². The Bertz CT molecular complexity index is 181. The lowest BCUT2D eigenvalue weighted by Crippen LogP contribution is -2.12. The van der Waals surface area contributed by atoms with Crippen molar-refractivity contribution in [3.8, 4) is 0 Å². The Balaban J connectivity index is 3.52. The highest BCUT2D eigenvalue weighted by molar-refractivity contribution is 4.89. The van der Waals surface area contributed by atoms with Crippen LogP contribution in [0.1, 0.15) is 58.3 Å². The standard InChI is InChI=1S/C15H30O3/c1-3-4-5-6-7-8-9-11-15(12-10-13-16)18-14-17-2/h10,12,15-16H,3-9,11,13-14H2,1-2H3/b12-10+/t15-/m1/s1. The van der Waals surface area contributed by atoms with Crippen molar-refractivity contribution in [1.82, 2.24) is 0 Å². The van der Waals surface area contributed by atoms with E-state index in [0.29, 0.717) is 6.79 Å². The van der Waals surface area contributed by atoms with Crippen LogP contribution in [0.2, 0.25) is 0 Å². The maximum absolute atomic E-state index is 8.76. The van der Waals surface area contributed by atoms with Crippen molar-refractivity contribution in [2.75, 3.05) is 20.5 Å². The molecule has 0 aromatic rings. The highest BCUT2D eigenvalue weighted by atomic mass is 16.7. The largest absolute Gasteiger partial charge is 0.392 e. The van der Waals surface area contributed by atoms with E-state index in [4.69, 9.17) is 14.6 Å². The molecule has 0 aromatic heterocycles. The Labute approximate surface area is 112 Å². The number of hydrogen-bond donors (Lipinski definition) is 1. The first-order chi connectivity index (χ1) is 8.85. The molecular weight excluding hydrogens is 228 g/mol. The van der Waals surface area contributed by atoms with Gasteiger partial charge in [0, 0.05) is 7.11 Å². The summed E-state index contributed by atoms with van der Waals surface area (Å²) in [5, 5.41) is 8.76. The summed E-state index contributed by atoms with van der Waals surface area (Å²) in [6.45, 7) is 2.63. The summed E-state index contributed by atoms with van der Waals surface area (Å²) in [4.78, 5) is 0. The van der Waals surface area contributed by atoms with E-state index in [1.807, 2.05) is 6.08 Å². The zero-order valence-electron chi connectivity index (χ0n) is 12.1. The number of aliphatic hydroxyl groups excluding tert-OH is 1. The van der Waals surface area contributed by atoms with Crippen LogP contribution in [0.4, 0.5) is 0 Å². The predicted molar refractivity (Wildman–Crippen MR) is 75.6 cm³/mol. The molecule has 0 rings (SSSR count). The van der Waals surface area contributed by atoms with Crippen LogP contribution < -0.4 is 0 Å². The van der Waals surface area contributed by atoms with Gasteiger partial charge in [0.25, 0.3) is 0 Å². The van der Waals surface area contributed by atoms with Gasteiger partial charge < -0.3 is 14.6 Å². The Morgan fingerprint density at radius 3 is 2.33 bits per heavy atom. The normalized spacial score (nSPS) is 13.3. The fourth-order valence-electron chi connectivity index (χ4n) is 1.91. The first kappa shape index (κ1) is 17.6. The van der Waals surface area contributed by atoms with Crippen molar-refractivity contribution in [1.29, 1.82) is 0 Å². The van der Waals surface area contributed by atoms with Crippen molar-refractivity contribution < 1.29 is 14.6 Å². The molecule has 0 spiro atoms. The molecule has 108 valence electrons. The second kappa shape index (κ2) is 14.7. The molecule has 0 saturated carbocycles. The highest BCUT2D eigenvalue weighted by Gasteiger charge is 2.04. The van der Waals surface area contributed by atoms with E-state index in [9.17, 15) is 0 Å². The molecule has 0 aliphatic heterocycles. The van der Waals surface area contributed by atoms with Crippen LogP contribution >= 0.6 is 0 Å². The lowest BCUT2D eigenvalue weighted by Gasteiger charge is -2.13. The molecule has 0 heterocycles. The molecule has 18 heavy (non-hydrogen) atoms. The Morgan fingerprint density at radius 1 is 1.06 bits per heavy atom. The minimum Gasteiger partial charge on any atom is -0.392 e. The molecule has 3 heteroatoms. The third-order valence-electron chi connectivity index (χ3n) is 2.95. The van der Waals surface area contributed by atoms with Gasteiger partial charge in [-0.1, -0.05) is 64.0 Å². The van der Waals surface area contributed by atoms with Gasteiger partial charge in [-0.15, -0.1) is 0 Å². The van der Waals surface area contributed by atoms with Crippen LogP contribution in [0.3, 0.4) is 0 Å². The summed E-state index contributed by atoms with van der Waals surface area (Å²) in [7, 11) is 1.63. The number of rotatable bonds is 13. The number of ether oxygens (including phenoxy) is 2. The summed E-state index contributed by atoms with van der Waals surface area (Å²) in [5.74, 6) is 0. The summed E-state index contributed by atoms with van der Waals surface area (Å²) in [5.41, 5.74) is 0. The molecule has 0 unspecified atom stereocenters. The highest BCUT2D eigenvalue weighted by Crippen LogP contribution is 2.12. The molecule has 0 radical (unpaired) electrons. The van der Waals surface area contributed by atoms with Crippen LogP contribution in [0.5, 0.6) is 0 Å². The van der Waals surface area contributed by atoms with Crippen molar-refractivity contribution in [3.05, 3.63) is 12.2 Å². The van der Waals surface area contributed by atoms with Crippen molar-refractivity contribution in [2.24, 2.45) is 0 Å². The van der Waals surface area contributed by atoms with E-state index in [1.165, 1.54) is 44.9 Å². The van der Waals surface area contributed by atoms with E-state index in [2.05, 4.69) is 6.92 Å². The molecule has 1 atom stereocenters. The zero-order valence-corrected chi connectivity index (χ0v) is 12.1. The minimum absolute atomic E-state index is 0.0733. The SMILES string of the molecule is CCCCCCCCC[C@H](/C=C/CO)OCOC. The lowest BCUT2D eigenvalue weighted by molar-refractivity contribution is -0.0581. The molecule has 3 nitrogen and oxygen atoms in total. The quantitative estimate of drug-likeness (QED) is 0.311. The van der Waals surface area contributed by atoms with E-state index < -0.39 is 0 Å². The predicted octanol–water partition coefficient (Wildman–Crippen LogP) is 3.66. The fraction of sp³-hybridized carbons (Fsp3) is 0.867. The molecule has 0 amide bonds. The Hall–Kier alpha value is -0.380. The van der Waals surface area contributed by atoms with Crippen LogP contribution in [0, 0.1) is 0 Å². The Morgan fingerprint density at radius 2 is 1.72 bits per heavy atom. The van der Waals surface area contributed by atoms with Crippen LogP contribution in [-0.4, -0.2) is 31.7 Å².